The first-order chi connectivity index (χ1) is 7.63. The molecule has 1 rings (SSSR count). The Morgan fingerprint density at radius 3 is 2.44 bits per heavy atom. The van der Waals surface area contributed by atoms with Crippen LogP contribution in [0, 0.1) is 0 Å². The number of aliphatic carboxylic acids is 1. The highest BCUT2D eigenvalue weighted by Crippen LogP contribution is 2.03. The molecule has 0 aliphatic carbocycles. The number of carbonyl (C=O) groups is 2. The highest BCUT2D eigenvalue weighted by molar-refractivity contribution is 5.83. The molecule has 1 amide bonds. The molecule has 16 heavy (non-hydrogen) atoms. The zero-order chi connectivity index (χ0) is 12.0. The van der Waals surface area contributed by atoms with Crippen molar-refractivity contribution in [2.45, 2.75) is 25.8 Å². The molecule has 0 radical (unpaired) electrons. The summed E-state index contributed by atoms with van der Waals surface area (Å²) in [7, 11) is 0. The van der Waals surface area contributed by atoms with Crippen LogP contribution < -0.4 is 5.32 Å². The van der Waals surface area contributed by atoms with Crippen LogP contribution in [0.1, 0.15) is 18.9 Å². The van der Waals surface area contributed by atoms with Gasteiger partial charge in [-0.15, -0.1) is 0 Å². The number of hydrogen-bond donors (Lipinski definition) is 2. The van der Waals surface area contributed by atoms with E-state index in [2.05, 4.69) is 5.32 Å². The van der Waals surface area contributed by atoms with E-state index in [4.69, 9.17) is 5.11 Å². The Kier molecular flexibility index (Phi) is 4.51. The summed E-state index contributed by atoms with van der Waals surface area (Å²) in [5, 5.41) is 11.4. The van der Waals surface area contributed by atoms with Crippen LogP contribution in [0.5, 0.6) is 0 Å². The topological polar surface area (TPSA) is 66.4 Å². The van der Waals surface area contributed by atoms with E-state index in [1.54, 1.807) is 6.92 Å². The second kappa shape index (κ2) is 5.90. The average Bonchev–Trinajstić information content (AvgIpc) is 2.29. The summed E-state index contributed by atoms with van der Waals surface area (Å²) in [5.74, 6) is -1.26. The van der Waals surface area contributed by atoms with Crippen LogP contribution in [-0.2, 0) is 16.0 Å². The second-order valence-corrected chi connectivity index (χ2v) is 3.50. The van der Waals surface area contributed by atoms with Crippen molar-refractivity contribution in [3.63, 3.8) is 0 Å². The van der Waals surface area contributed by atoms with Crippen molar-refractivity contribution in [2.75, 3.05) is 0 Å². The van der Waals surface area contributed by atoms with Gasteiger partial charge in [0.15, 0.2) is 0 Å². The highest BCUT2D eigenvalue weighted by atomic mass is 16.4. The fourth-order valence-electron chi connectivity index (χ4n) is 1.35. The molecule has 0 spiro atoms. The summed E-state index contributed by atoms with van der Waals surface area (Å²) in [4.78, 5) is 22.1. The summed E-state index contributed by atoms with van der Waals surface area (Å²) in [6, 6.07) is 8.38. The summed E-state index contributed by atoms with van der Waals surface area (Å²) in [5.41, 5.74) is 0.895. The lowest BCUT2D eigenvalue weighted by atomic mass is 10.1. The van der Waals surface area contributed by atoms with E-state index in [0.29, 0.717) is 12.8 Å². The molecule has 0 bridgehead atoms. The fraction of sp³-hybridized carbons (Fsp3) is 0.333. The van der Waals surface area contributed by atoms with Gasteiger partial charge in [-0.3, -0.25) is 4.79 Å². The first kappa shape index (κ1) is 12.2. The molecule has 86 valence electrons. The van der Waals surface area contributed by atoms with Gasteiger partial charge in [0.05, 0.1) is 0 Å². The van der Waals surface area contributed by atoms with Crippen LogP contribution in [0.4, 0.5) is 0 Å². The van der Waals surface area contributed by atoms with Crippen LogP contribution in [0.3, 0.4) is 0 Å². The maximum atomic E-state index is 11.1. The minimum Gasteiger partial charge on any atom is -0.480 e. The monoisotopic (exact) mass is 221 g/mol. The van der Waals surface area contributed by atoms with Gasteiger partial charge in [0, 0.05) is 12.8 Å². The molecule has 0 heterocycles. The summed E-state index contributed by atoms with van der Waals surface area (Å²) in [6.45, 7) is 1.69. The number of carboxylic acids is 1. The predicted molar refractivity (Wildman–Crippen MR) is 60.0 cm³/mol. The van der Waals surface area contributed by atoms with Crippen LogP contribution in [0.25, 0.3) is 0 Å². The van der Waals surface area contributed by atoms with E-state index in [0.717, 1.165) is 5.56 Å². The highest BCUT2D eigenvalue weighted by Gasteiger charge is 2.19. The molecule has 0 unspecified atom stereocenters. The van der Waals surface area contributed by atoms with Gasteiger partial charge in [0.25, 0.3) is 0 Å². The number of carbonyl (C=O) groups excluding carboxylic acids is 1. The smallest absolute Gasteiger partial charge is 0.326 e. The Hall–Kier alpha value is -1.84. The summed E-state index contributed by atoms with van der Waals surface area (Å²) < 4.78 is 0. The van der Waals surface area contributed by atoms with Crippen LogP contribution >= 0.6 is 0 Å². The van der Waals surface area contributed by atoms with Crippen molar-refractivity contribution in [1.82, 2.24) is 5.32 Å². The van der Waals surface area contributed by atoms with Gasteiger partial charge in [0.1, 0.15) is 6.04 Å². The van der Waals surface area contributed by atoms with E-state index >= 15 is 0 Å². The molecule has 4 nitrogen and oxygen atoms in total. The lowest BCUT2D eigenvalue weighted by Gasteiger charge is -2.13. The van der Waals surface area contributed by atoms with Crippen molar-refractivity contribution in [1.29, 1.82) is 0 Å². The number of carboxylic acid groups (broad SMARTS) is 1. The van der Waals surface area contributed by atoms with E-state index in [1.807, 2.05) is 30.3 Å². The minimum atomic E-state index is -1.01. The molecule has 0 aromatic heterocycles. The number of rotatable bonds is 5. The Labute approximate surface area is 94.3 Å². The Morgan fingerprint density at radius 1 is 1.31 bits per heavy atom. The number of nitrogens with one attached hydrogen (secondary N) is 1. The molecule has 2 N–H and O–H groups in total. The second-order valence-electron chi connectivity index (χ2n) is 3.50. The SMILES string of the molecule is CCC(=O)N[C@H](Cc1ccccc1)C(=O)O. The molecule has 0 saturated heterocycles. The van der Waals surface area contributed by atoms with Crippen molar-refractivity contribution in [3.8, 4) is 0 Å². The molecule has 1 aromatic carbocycles. The van der Waals surface area contributed by atoms with Crippen LogP contribution in [-0.4, -0.2) is 23.0 Å². The maximum Gasteiger partial charge on any atom is 0.326 e. The van der Waals surface area contributed by atoms with Crippen molar-refractivity contribution < 1.29 is 14.7 Å². The molecule has 0 aliphatic rings. The number of amides is 1. The van der Waals surface area contributed by atoms with Crippen LogP contribution in [0.2, 0.25) is 0 Å². The zero-order valence-corrected chi connectivity index (χ0v) is 9.14. The van der Waals surface area contributed by atoms with Crippen molar-refractivity contribution in [2.24, 2.45) is 0 Å². The van der Waals surface area contributed by atoms with Gasteiger partial charge in [-0.1, -0.05) is 37.3 Å². The molecule has 0 aliphatic heterocycles. The molecule has 0 saturated carbocycles. The third-order valence-corrected chi connectivity index (χ3v) is 2.24. The Morgan fingerprint density at radius 2 is 1.94 bits per heavy atom. The van der Waals surface area contributed by atoms with Gasteiger partial charge >= 0.3 is 5.97 Å². The van der Waals surface area contributed by atoms with Gasteiger partial charge in [-0.25, -0.2) is 4.79 Å². The molecular formula is C12H15NO3. The van der Waals surface area contributed by atoms with Crippen LogP contribution in [0.15, 0.2) is 30.3 Å². The largest absolute Gasteiger partial charge is 0.480 e. The predicted octanol–water partition coefficient (Wildman–Crippen LogP) is 1.21. The standard InChI is InChI=1S/C12H15NO3/c1-2-11(14)13-10(12(15)16)8-9-6-4-3-5-7-9/h3-7,10H,2,8H2,1H3,(H,13,14)(H,15,16)/t10-/m1/s1. The average molecular weight is 221 g/mol. The third kappa shape index (κ3) is 3.73. The molecule has 1 aromatic rings. The zero-order valence-electron chi connectivity index (χ0n) is 9.14. The van der Waals surface area contributed by atoms with E-state index in [-0.39, 0.29) is 5.91 Å². The molecular weight excluding hydrogens is 206 g/mol. The Bertz CT molecular complexity index is 362. The minimum absolute atomic E-state index is 0.247. The van der Waals surface area contributed by atoms with Crippen molar-refractivity contribution in [3.05, 3.63) is 35.9 Å². The molecule has 4 heteroatoms. The third-order valence-electron chi connectivity index (χ3n) is 2.24. The summed E-state index contributed by atoms with van der Waals surface area (Å²) in [6.07, 6.45) is 0.598. The lowest BCUT2D eigenvalue weighted by molar-refractivity contribution is -0.141. The first-order valence-corrected chi connectivity index (χ1v) is 5.19. The van der Waals surface area contributed by atoms with E-state index < -0.39 is 12.0 Å². The quantitative estimate of drug-likeness (QED) is 0.785. The number of benzene rings is 1. The van der Waals surface area contributed by atoms with Gasteiger partial charge in [-0.05, 0) is 5.56 Å². The van der Waals surface area contributed by atoms with E-state index in [1.165, 1.54) is 0 Å². The van der Waals surface area contributed by atoms with Crippen molar-refractivity contribution >= 4 is 11.9 Å². The van der Waals surface area contributed by atoms with E-state index in [9.17, 15) is 9.59 Å². The maximum absolute atomic E-state index is 11.1. The lowest BCUT2D eigenvalue weighted by Crippen LogP contribution is -2.42. The number of hydrogen-bond acceptors (Lipinski definition) is 2. The molecule has 1 atom stereocenters. The van der Waals surface area contributed by atoms with Gasteiger partial charge in [-0.2, -0.15) is 0 Å². The fourth-order valence-corrected chi connectivity index (χ4v) is 1.35. The summed E-state index contributed by atoms with van der Waals surface area (Å²) >= 11 is 0. The van der Waals surface area contributed by atoms with Gasteiger partial charge in [0.2, 0.25) is 5.91 Å². The Balaban J connectivity index is 2.65. The van der Waals surface area contributed by atoms with Gasteiger partial charge < -0.3 is 10.4 Å². The normalized spacial score (nSPS) is 11.8. The first-order valence-electron chi connectivity index (χ1n) is 5.19. The molecule has 0 fully saturated rings.